The number of hydrogen-bond donors (Lipinski definition) is 1. The van der Waals surface area contributed by atoms with E-state index in [0.717, 1.165) is 25.6 Å². The molecule has 0 bridgehead atoms. The van der Waals surface area contributed by atoms with E-state index in [-0.39, 0.29) is 22.5 Å². The molecule has 0 spiro atoms. The third-order valence-electron chi connectivity index (χ3n) is 4.16. The maximum Gasteiger partial charge on any atom is 0.371 e. The lowest BCUT2D eigenvalue weighted by molar-refractivity contribution is 0.0661. The van der Waals surface area contributed by atoms with Crippen LogP contribution in [0.5, 0.6) is 0 Å². The van der Waals surface area contributed by atoms with Crippen LogP contribution in [0.1, 0.15) is 36.6 Å². The van der Waals surface area contributed by atoms with E-state index in [4.69, 9.17) is 9.52 Å². The number of aromatic carboxylic acids is 1. The van der Waals surface area contributed by atoms with Crippen molar-refractivity contribution < 1.29 is 22.7 Å². The van der Waals surface area contributed by atoms with E-state index >= 15 is 0 Å². The lowest BCUT2D eigenvalue weighted by Gasteiger charge is -2.25. The van der Waals surface area contributed by atoms with Crippen molar-refractivity contribution >= 4 is 16.0 Å². The summed E-state index contributed by atoms with van der Waals surface area (Å²) in [6.07, 6.45) is 0.781. The normalized spacial score (nSPS) is 19.9. The summed E-state index contributed by atoms with van der Waals surface area (Å²) in [5.74, 6) is -1.51. The van der Waals surface area contributed by atoms with Crippen LogP contribution in [0.3, 0.4) is 0 Å². The monoisotopic (exact) mass is 330 g/mol. The highest BCUT2D eigenvalue weighted by molar-refractivity contribution is 7.89. The molecular formula is C14H22N2O5S. The van der Waals surface area contributed by atoms with Crippen LogP contribution in [-0.4, -0.2) is 60.9 Å². The first kappa shape index (κ1) is 17.0. The van der Waals surface area contributed by atoms with Crippen LogP contribution >= 0.6 is 0 Å². The van der Waals surface area contributed by atoms with Gasteiger partial charge in [0.2, 0.25) is 15.8 Å². The molecular weight excluding hydrogens is 308 g/mol. The molecule has 124 valence electrons. The second-order valence-electron chi connectivity index (χ2n) is 5.36. The highest BCUT2D eigenvalue weighted by Gasteiger charge is 2.36. The summed E-state index contributed by atoms with van der Waals surface area (Å²) in [4.78, 5) is 13.1. The lowest BCUT2D eigenvalue weighted by Crippen LogP contribution is -2.38. The molecule has 2 rings (SSSR count). The van der Waals surface area contributed by atoms with Crippen molar-refractivity contribution in [1.82, 2.24) is 9.21 Å². The molecule has 1 aromatic heterocycles. The molecule has 7 nitrogen and oxygen atoms in total. The maximum absolute atomic E-state index is 12.7. The predicted molar refractivity (Wildman–Crippen MR) is 80.5 cm³/mol. The van der Waals surface area contributed by atoms with Crippen molar-refractivity contribution in [2.75, 3.05) is 26.2 Å². The van der Waals surface area contributed by atoms with Crippen molar-refractivity contribution in [3.8, 4) is 0 Å². The van der Waals surface area contributed by atoms with Gasteiger partial charge in [-0.1, -0.05) is 13.8 Å². The van der Waals surface area contributed by atoms with Crippen molar-refractivity contribution in [2.24, 2.45) is 0 Å². The Labute approximate surface area is 130 Å². The van der Waals surface area contributed by atoms with E-state index in [2.05, 4.69) is 18.7 Å². The minimum Gasteiger partial charge on any atom is -0.475 e. The summed E-state index contributed by atoms with van der Waals surface area (Å²) >= 11 is 0. The number of rotatable bonds is 6. The highest BCUT2D eigenvalue weighted by atomic mass is 32.2. The molecule has 0 aliphatic carbocycles. The van der Waals surface area contributed by atoms with E-state index in [0.29, 0.717) is 13.1 Å². The zero-order valence-electron chi connectivity index (χ0n) is 13.1. The van der Waals surface area contributed by atoms with Crippen LogP contribution in [-0.2, 0) is 10.0 Å². The average molecular weight is 330 g/mol. The topological polar surface area (TPSA) is 91.1 Å². The second-order valence-corrected chi connectivity index (χ2v) is 7.27. The number of nitrogens with zero attached hydrogens (tertiary/aromatic N) is 2. The number of aryl methyl sites for hydroxylation is 1. The molecule has 1 saturated heterocycles. The van der Waals surface area contributed by atoms with Crippen molar-refractivity contribution in [3.63, 3.8) is 0 Å². The Morgan fingerprint density at radius 3 is 2.59 bits per heavy atom. The number of furan rings is 1. The number of likely N-dealkylation sites (N-methyl/N-ethyl adjacent to an activating group) is 1. The molecule has 0 saturated carbocycles. The first-order chi connectivity index (χ1) is 10.3. The van der Waals surface area contributed by atoms with Gasteiger partial charge in [0.05, 0.1) is 0 Å². The molecule has 1 fully saturated rings. The Morgan fingerprint density at radius 1 is 1.45 bits per heavy atom. The third kappa shape index (κ3) is 3.04. The SMILES string of the molecule is CCN(CC)[C@@H]1CCN(S(=O)(=O)c2cc(C(=O)O)oc2C)C1. The van der Waals surface area contributed by atoms with Crippen LogP contribution in [0.4, 0.5) is 0 Å². The minimum absolute atomic E-state index is 0.0508. The molecule has 1 atom stereocenters. The standard InChI is InChI=1S/C14H22N2O5S/c1-4-15(5-2)11-6-7-16(9-11)22(19,20)13-8-12(14(17)18)21-10(13)3/h8,11H,4-7,9H2,1-3H3,(H,17,18)/t11-/m1/s1. The summed E-state index contributed by atoms with van der Waals surface area (Å²) in [5.41, 5.74) is 0. The van der Waals surface area contributed by atoms with Gasteiger partial charge in [0.25, 0.3) is 0 Å². The second kappa shape index (κ2) is 6.39. The summed E-state index contributed by atoms with van der Waals surface area (Å²) in [5, 5.41) is 8.92. The Hall–Kier alpha value is -1.38. The van der Waals surface area contributed by atoms with Crippen LogP contribution in [0, 0.1) is 6.92 Å². The summed E-state index contributed by atoms with van der Waals surface area (Å²) in [6.45, 7) is 8.21. The molecule has 22 heavy (non-hydrogen) atoms. The Kier molecular flexibility index (Phi) is 4.93. The fraction of sp³-hybridized carbons (Fsp3) is 0.643. The van der Waals surface area contributed by atoms with Gasteiger partial charge in [0.1, 0.15) is 10.7 Å². The molecule has 8 heteroatoms. The molecule has 0 aromatic carbocycles. The van der Waals surface area contributed by atoms with Gasteiger partial charge in [-0.2, -0.15) is 4.31 Å². The lowest BCUT2D eigenvalue weighted by atomic mass is 10.2. The van der Waals surface area contributed by atoms with Gasteiger partial charge in [0.15, 0.2) is 0 Å². The Bertz CT molecular complexity index is 648. The summed E-state index contributed by atoms with van der Waals surface area (Å²) < 4.78 is 31.8. The Morgan fingerprint density at radius 2 is 2.09 bits per heavy atom. The molecule has 2 heterocycles. The number of hydrogen-bond acceptors (Lipinski definition) is 5. The highest BCUT2D eigenvalue weighted by Crippen LogP contribution is 2.27. The molecule has 1 aromatic rings. The first-order valence-electron chi connectivity index (χ1n) is 7.39. The van der Waals surface area contributed by atoms with Crippen LogP contribution < -0.4 is 0 Å². The van der Waals surface area contributed by atoms with Crippen molar-refractivity contribution in [3.05, 3.63) is 17.6 Å². The Balaban J connectivity index is 2.23. The molecule has 1 aliphatic rings. The minimum atomic E-state index is -3.72. The van der Waals surface area contributed by atoms with E-state index in [1.165, 1.54) is 11.2 Å². The summed E-state index contributed by atoms with van der Waals surface area (Å²) in [7, 11) is -3.72. The predicted octanol–water partition coefficient (Wildman–Crippen LogP) is 1.39. The molecule has 1 N–H and O–H groups in total. The molecule has 0 radical (unpaired) electrons. The van der Waals surface area contributed by atoms with Crippen LogP contribution in [0.2, 0.25) is 0 Å². The fourth-order valence-electron chi connectivity index (χ4n) is 2.93. The third-order valence-corrected chi connectivity index (χ3v) is 6.13. The van der Waals surface area contributed by atoms with Gasteiger partial charge in [-0.15, -0.1) is 0 Å². The van der Waals surface area contributed by atoms with Gasteiger partial charge in [0, 0.05) is 25.2 Å². The van der Waals surface area contributed by atoms with E-state index in [1.54, 1.807) is 0 Å². The number of carbonyl (C=O) groups is 1. The average Bonchev–Trinajstić information content (AvgIpc) is 3.07. The number of sulfonamides is 1. The quantitative estimate of drug-likeness (QED) is 0.847. The van der Waals surface area contributed by atoms with Gasteiger partial charge < -0.3 is 9.52 Å². The fourth-order valence-corrected chi connectivity index (χ4v) is 4.59. The smallest absolute Gasteiger partial charge is 0.371 e. The van der Waals surface area contributed by atoms with E-state index in [9.17, 15) is 13.2 Å². The van der Waals surface area contributed by atoms with E-state index in [1.807, 2.05) is 0 Å². The number of carboxylic acids is 1. The zero-order chi connectivity index (χ0) is 16.5. The van der Waals surface area contributed by atoms with Crippen molar-refractivity contribution in [1.29, 1.82) is 0 Å². The van der Waals surface area contributed by atoms with Crippen LogP contribution in [0.25, 0.3) is 0 Å². The molecule has 0 unspecified atom stereocenters. The maximum atomic E-state index is 12.7. The van der Waals surface area contributed by atoms with Gasteiger partial charge in [-0.05, 0) is 26.4 Å². The van der Waals surface area contributed by atoms with Gasteiger partial charge in [-0.3, -0.25) is 4.90 Å². The largest absolute Gasteiger partial charge is 0.475 e. The zero-order valence-corrected chi connectivity index (χ0v) is 13.9. The number of carboxylic acid groups (broad SMARTS) is 1. The van der Waals surface area contributed by atoms with Crippen molar-refractivity contribution in [2.45, 2.75) is 38.1 Å². The summed E-state index contributed by atoms with van der Waals surface area (Å²) in [6, 6.07) is 1.30. The van der Waals surface area contributed by atoms with Gasteiger partial charge in [-0.25, -0.2) is 13.2 Å². The first-order valence-corrected chi connectivity index (χ1v) is 8.83. The van der Waals surface area contributed by atoms with Crippen LogP contribution in [0.15, 0.2) is 15.4 Å². The molecule has 1 aliphatic heterocycles. The molecule has 0 amide bonds. The van der Waals surface area contributed by atoms with Gasteiger partial charge >= 0.3 is 5.97 Å². The van der Waals surface area contributed by atoms with E-state index < -0.39 is 16.0 Å².